The van der Waals surface area contributed by atoms with Crippen molar-refractivity contribution in [2.45, 2.75) is 30.6 Å². The molecule has 1 aromatic carbocycles. The Balaban J connectivity index is 1.85. The molecule has 0 heterocycles. The minimum absolute atomic E-state index is 0.482. The quantitative estimate of drug-likeness (QED) is 0.861. The van der Waals surface area contributed by atoms with E-state index in [2.05, 4.69) is 17.6 Å². The molecule has 4 heteroatoms. The van der Waals surface area contributed by atoms with Crippen LogP contribution in [0.3, 0.4) is 0 Å². The summed E-state index contributed by atoms with van der Waals surface area (Å²) in [4.78, 5) is 0. The van der Waals surface area contributed by atoms with Crippen molar-refractivity contribution in [1.82, 2.24) is 5.32 Å². The first kappa shape index (κ1) is 14.0. The van der Waals surface area contributed by atoms with E-state index in [0.717, 1.165) is 18.8 Å². The van der Waals surface area contributed by atoms with E-state index in [4.69, 9.17) is 16.3 Å². The van der Waals surface area contributed by atoms with Gasteiger partial charge in [0.25, 0.3) is 0 Å². The maximum Gasteiger partial charge on any atom is 0.137 e. The lowest BCUT2D eigenvalue weighted by atomic mass is 9.84. The molecule has 1 aromatic rings. The van der Waals surface area contributed by atoms with Crippen molar-refractivity contribution < 1.29 is 4.74 Å². The van der Waals surface area contributed by atoms with Gasteiger partial charge in [0.05, 0.1) is 12.1 Å². The molecule has 100 valence electrons. The molecule has 0 saturated heterocycles. The van der Waals surface area contributed by atoms with Crippen LogP contribution in [0.2, 0.25) is 5.02 Å². The molecular formula is C14H20ClNOS. The minimum atomic E-state index is 0.482. The SMILES string of the molecule is COc1ccc(CNCC2(SC)CCC2)cc1Cl. The van der Waals surface area contributed by atoms with Crippen LogP contribution in [0, 0.1) is 0 Å². The first-order valence-electron chi connectivity index (χ1n) is 6.27. The van der Waals surface area contributed by atoms with Gasteiger partial charge in [-0.05, 0) is 36.8 Å². The summed E-state index contributed by atoms with van der Waals surface area (Å²) in [5.41, 5.74) is 1.20. The summed E-state index contributed by atoms with van der Waals surface area (Å²) in [5, 5.41) is 4.22. The minimum Gasteiger partial charge on any atom is -0.495 e. The largest absolute Gasteiger partial charge is 0.495 e. The summed E-state index contributed by atoms with van der Waals surface area (Å²) in [5.74, 6) is 0.736. The highest BCUT2D eigenvalue weighted by Gasteiger charge is 2.35. The number of hydrogen-bond donors (Lipinski definition) is 1. The van der Waals surface area contributed by atoms with Crippen molar-refractivity contribution in [3.63, 3.8) is 0 Å². The zero-order valence-electron chi connectivity index (χ0n) is 11.0. The molecule has 0 aromatic heterocycles. The number of thioether (sulfide) groups is 1. The second-order valence-electron chi connectivity index (χ2n) is 4.81. The first-order valence-corrected chi connectivity index (χ1v) is 7.88. The van der Waals surface area contributed by atoms with Gasteiger partial charge in [0.15, 0.2) is 0 Å². The number of benzene rings is 1. The fourth-order valence-corrected chi connectivity index (χ4v) is 3.50. The van der Waals surface area contributed by atoms with E-state index in [0.29, 0.717) is 9.77 Å². The van der Waals surface area contributed by atoms with Crippen molar-refractivity contribution in [3.05, 3.63) is 28.8 Å². The number of nitrogens with one attached hydrogen (secondary N) is 1. The summed E-state index contributed by atoms with van der Waals surface area (Å²) >= 11 is 8.10. The standard InChI is InChI=1S/C14H20ClNOS/c1-17-13-5-4-11(8-12(13)15)9-16-10-14(18-2)6-3-7-14/h4-5,8,16H,3,6-7,9-10H2,1-2H3. The number of rotatable bonds is 6. The predicted molar refractivity (Wildman–Crippen MR) is 79.8 cm³/mol. The normalized spacial score (nSPS) is 17.3. The van der Waals surface area contributed by atoms with Gasteiger partial charge >= 0.3 is 0 Å². The van der Waals surface area contributed by atoms with Crippen molar-refractivity contribution >= 4 is 23.4 Å². The van der Waals surface area contributed by atoms with Crippen LogP contribution in [-0.2, 0) is 6.54 Å². The van der Waals surface area contributed by atoms with Gasteiger partial charge in [-0.15, -0.1) is 0 Å². The molecule has 1 N–H and O–H groups in total. The van der Waals surface area contributed by atoms with Crippen LogP contribution >= 0.6 is 23.4 Å². The summed E-state index contributed by atoms with van der Waals surface area (Å²) < 4.78 is 5.63. The zero-order valence-corrected chi connectivity index (χ0v) is 12.5. The Morgan fingerprint density at radius 2 is 2.22 bits per heavy atom. The summed E-state index contributed by atoms with van der Waals surface area (Å²) in [6.45, 7) is 1.95. The third-order valence-electron chi connectivity index (χ3n) is 3.69. The first-order chi connectivity index (χ1) is 8.69. The van der Waals surface area contributed by atoms with Gasteiger partial charge in [-0.1, -0.05) is 24.1 Å². The van der Waals surface area contributed by atoms with Gasteiger partial charge < -0.3 is 10.1 Å². The highest BCUT2D eigenvalue weighted by molar-refractivity contribution is 8.00. The Morgan fingerprint density at radius 3 is 2.72 bits per heavy atom. The molecule has 1 saturated carbocycles. The number of methoxy groups -OCH3 is 1. The lowest BCUT2D eigenvalue weighted by Crippen LogP contribution is -2.43. The average Bonchev–Trinajstić information content (AvgIpc) is 2.33. The smallest absolute Gasteiger partial charge is 0.137 e. The van der Waals surface area contributed by atoms with Crippen LogP contribution < -0.4 is 10.1 Å². The molecule has 1 aliphatic rings. The second-order valence-corrected chi connectivity index (χ2v) is 6.49. The zero-order chi connectivity index (χ0) is 13.0. The lowest BCUT2D eigenvalue weighted by Gasteiger charge is -2.40. The molecule has 0 radical (unpaired) electrons. The summed E-state index contributed by atoms with van der Waals surface area (Å²) in [7, 11) is 1.64. The van der Waals surface area contributed by atoms with Gasteiger partial charge in [0.1, 0.15) is 5.75 Å². The van der Waals surface area contributed by atoms with Crippen LogP contribution in [-0.4, -0.2) is 24.7 Å². The topological polar surface area (TPSA) is 21.3 Å². The van der Waals surface area contributed by atoms with Crippen LogP contribution in [0.5, 0.6) is 5.75 Å². The fourth-order valence-electron chi connectivity index (χ4n) is 2.28. The highest BCUT2D eigenvalue weighted by atomic mass is 35.5. The molecule has 1 aliphatic carbocycles. The molecule has 0 spiro atoms. The summed E-state index contributed by atoms with van der Waals surface area (Å²) in [6, 6.07) is 5.96. The Morgan fingerprint density at radius 1 is 1.44 bits per heavy atom. The molecule has 0 bridgehead atoms. The van der Waals surface area contributed by atoms with Crippen LogP contribution in [0.15, 0.2) is 18.2 Å². The molecule has 2 nitrogen and oxygen atoms in total. The van der Waals surface area contributed by atoms with E-state index in [9.17, 15) is 0 Å². The molecule has 0 unspecified atom stereocenters. The van der Waals surface area contributed by atoms with Gasteiger partial charge in [-0.2, -0.15) is 11.8 Å². The second kappa shape index (κ2) is 6.18. The predicted octanol–water partition coefficient (Wildman–Crippen LogP) is 3.72. The van der Waals surface area contributed by atoms with Gasteiger partial charge in [-0.3, -0.25) is 0 Å². The molecule has 0 amide bonds. The lowest BCUT2D eigenvalue weighted by molar-refractivity contribution is 0.345. The van der Waals surface area contributed by atoms with Gasteiger partial charge in [0, 0.05) is 17.8 Å². The van der Waals surface area contributed by atoms with Crippen molar-refractivity contribution in [1.29, 1.82) is 0 Å². The Hall–Kier alpha value is -0.380. The maximum absolute atomic E-state index is 6.11. The molecule has 18 heavy (non-hydrogen) atoms. The van der Waals surface area contributed by atoms with Gasteiger partial charge in [0.2, 0.25) is 0 Å². The maximum atomic E-state index is 6.11. The Labute approximate surface area is 118 Å². The van der Waals surface area contributed by atoms with Crippen LogP contribution in [0.1, 0.15) is 24.8 Å². The Kier molecular flexibility index (Phi) is 4.82. The monoisotopic (exact) mass is 285 g/mol. The van der Waals surface area contributed by atoms with E-state index in [1.54, 1.807) is 7.11 Å². The van der Waals surface area contributed by atoms with Crippen LogP contribution in [0.25, 0.3) is 0 Å². The number of ether oxygens (including phenoxy) is 1. The van der Waals surface area contributed by atoms with E-state index >= 15 is 0 Å². The third kappa shape index (κ3) is 3.14. The number of hydrogen-bond acceptors (Lipinski definition) is 3. The molecule has 1 fully saturated rings. The molecular weight excluding hydrogens is 266 g/mol. The third-order valence-corrected chi connectivity index (χ3v) is 5.40. The fraction of sp³-hybridized carbons (Fsp3) is 0.571. The van der Waals surface area contributed by atoms with Crippen LogP contribution in [0.4, 0.5) is 0 Å². The number of halogens is 1. The molecule has 0 atom stereocenters. The summed E-state index contributed by atoms with van der Waals surface area (Å²) in [6.07, 6.45) is 6.26. The van der Waals surface area contributed by atoms with Gasteiger partial charge in [-0.25, -0.2) is 0 Å². The molecule has 2 rings (SSSR count). The van der Waals surface area contributed by atoms with E-state index in [1.807, 2.05) is 23.9 Å². The van der Waals surface area contributed by atoms with E-state index < -0.39 is 0 Å². The van der Waals surface area contributed by atoms with Crippen molar-refractivity contribution in [3.8, 4) is 5.75 Å². The van der Waals surface area contributed by atoms with E-state index in [1.165, 1.54) is 24.8 Å². The molecule has 0 aliphatic heterocycles. The highest BCUT2D eigenvalue weighted by Crippen LogP contribution is 2.42. The average molecular weight is 286 g/mol. The van der Waals surface area contributed by atoms with Crippen molar-refractivity contribution in [2.75, 3.05) is 19.9 Å². The Bertz CT molecular complexity index is 401. The van der Waals surface area contributed by atoms with E-state index in [-0.39, 0.29) is 0 Å². The van der Waals surface area contributed by atoms with Crippen molar-refractivity contribution in [2.24, 2.45) is 0 Å².